The molecule has 4 rings (SSSR count). The molecule has 2 saturated heterocycles. The van der Waals surface area contributed by atoms with Crippen molar-refractivity contribution in [3.63, 3.8) is 0 Å². The lowest BCUT2D eigenvalue weighted by atomic mass is 10.2. The van der Waals surface area contributed by atoms with Crippen LogP contribution in [0, 0.1) is 12.7 Å². The molecule has 0 unspecified atom stereocenters. The fraction of sp³-hybridized carbons (Fsp3) is 0.474. The first-order valence-electron chi connectivity index (χ1n) is 9.24. The third-order valence-electron chi connectivity index (χ3n) is 5.05. The van der Waals surface area contributed by atoms with E-state index in [0.29, 0.717) is 42.6 Å². The molecule has 2 aliphatic heterocycles. The highest BCUT2D eigenvalue weighted by Crippen LogP contribution is 2.36. The van der Waals surface area contributed by atoms with Crippen LogP contribution in [-0.2, 0) is 20.8 Å². The van der Waals surface area contributed by atoms with Gasteiger partial charge in [-0.25, -0.2) is 4.39 Å². The maximum Gasteiger partial charge on any atom is 0.244 e. The number of aromatic nitrogens is 2. The van der Waals surface area contributed by atoms with Crippen molar-refractivity contribution in [1.29, 1.82) is 0 Å². The number of carbonyl (C=O) groups is 1. The molecule has 1 aromatic heterocycles. The summed E-state index contributed by atoms with van der Waals surface area (Å²) in [7, 11) is 0. The first-order valence-corrected chi connectivity index (χ1v) is 9.62. The normalized spacial score (nSPS) is 22.3. The average Bonchev–Trinajstić information content (AvgIpc) is 2.93. The van der Waals surface area contributed by atoms with Crippen molar-refractivity contribution in [2.75, 3.05) is 31.1 Å². The molecule has 28 heavy (non-hydrogen) atoms. The van der Waals surface area contributed by atoms with Crippen molar-refractivity contribution in [1.82, 2.24) is 14.7 Å². The Morgan fingerprint density at radius 3 is 2.46 bits per heavy atom. The zero-order chi connectivity index (χ0) is 19.8. The lowest BCUT2D eigenvalue weighted by Gasteiger charge is -2.36. The second kappa shape index (κ2) is 7.69. The lowest BCUT2D eigenvalue weighted by Crippen LogP contribution is -2.49. The molecule has 0 atom stereocenters. The number of aryl methyl sites for hydroxylation is 1. The summed E-state index contributed by atoms with van der Waals surface area (Å²) in [4.78, 5) is 16.7. The van der Waals surface area contributed by atoms with Crippen LogP contribution in [0.5, 0.6) is 0 Å². The molecule has 9 heteroatoms. The maximum absolute atomic E-state index is 13.1. The molecule has 150 valence electrons. The number of hydrogen-bond donors (Lipinski definition) is 0. The summed E-state index contributed by atoms with van der Waals surface area (Å²) in [6, 6.07) is 6.41. The van der Waals surface area contributed by atoms with Gasteiger partial charge in [-0.15, -0.1) is 0 Å². The number of amides is 1. The van der Waals surface area contributed by atoms with Gasteiger partial charge in [0.25, 0.3) is 0 Å². The molecule has 2 aliphatic rings. The largest absolute Gasteiger partial charge is 0.368 e. The van der Waals surface area contributed by atoms with Gasteiger partial charge in [0.1, 0.15) is 18.1 Å². The van der Waals surface area contributed by atoms with Crippen molar-refractivity contribution >= 4 is 23.2 Å². The monoisotopic (exact) mass is 408 g/mol. The molecule has 7 nitrogen and oxygen atoms in total. The number of piperazine rings is 1. The van der Waals surface area contributed by atoms with Crippen LogP contribution in [0.2, 0.25) is 5.02 Å². The Balaban J connectivity index is 1.39. The highest BCUT2D eigenvalue weighted by atomic mass is 35.5. The molecule has 1 aromatic carbocycles. The minimum atomic E-state index is -0.591. The molecular formula is C19H22ClFN4O3. The van der Waals surface area contributed by atoms with Gasteiger partial charge in [0.15, 0.2) is 6.29 Å². The fourth-order valence-electron chi connectivity index (χ4n) is 3.50. The van der Waals surface area contributed by atoms with E-state index in [2.05, 4.69) is 10.00 Å². The van der Waals surface area contributed by atoms with Crippen molar-refractivity contribution < 1.29 is 18.7 Å². The molecule has 2 fully saturated rings. The van der Waals surface area contributed by atoms with Crippen LogP contribution in [0.4, 0.5) is 10.1 Å². The third kappa shape index (κ3) is 3.72. The van der Waals surface area contributed by atoms with Crippen molar-refractivity contribution in [2.45, 2.75) is 33.0 Å². The van der Waals surface area contributed by atoms with E-state index < -0.39 is 6.29 Å². The summed E-state index contributed by atoms with van der Waals surface area (Å²) in [5.74, 6) is -0.290. The van der Waals surface area contributed by atoms with Crippen LogP contribution in [0.3, 0.4) is 0 Å². The van der Waals surface area contributed by atoms with E-state index in [1.807, 2.05) is 0 Å². The summed E-state index contributed by atoms with van der Waals surface area (Å²) in [5, 5.41) is 4.84. The Labute approximate surface area is 167 Å². The van der Waals surface area contributed by atoms with Crippen LogP contribution >= 0.6 is 11.6 Å². The molecular weight excluding hydrogens is 387 g/mol. The van der Waals surface area contributed by atoms with Gasteiger partial charge in [-0.3, -0.25) is 9.48 Å². The fourth-order valence-corrected chi connectivity index (χ4v) is 3.73. The predicted molar refractivity (Wildman–Crippen MR) is 102 cm³/mol. The SMILES string of the molecule is Cc1nn(CC(=O)N2CCN(c3ccc(F)cc3)CC2)c(C2OC(C)O2)c1Cl. The Morgan fingerprint density at radius 1 is 1.21 bits per heavy atom. The van der Waals surface area contributed by atoms with Crippen LogP contribution < -0.4 is 4.90 Å². The topological polar surface area (TPSA) is 59.8 Å². The molecule has 1 amide bonds. The van der Waals surface area contributed by atoms with E-state index in [9.17, 15) is 9.18 Å². The van der Waals surface area contributed by atoms with E-state index in [1.54, 1.807) is 35.6 Å². The summed E-state index contributed by atoms with van der Waals surface area (Å²) in [5.41, 5.74) is 2.17. The quantitative estimate of drug-likeness (QED) is 0.778. The molecule has 2 aromatic rings. The summed E-state index contributed by atoms with van der Waals surface area (Å²) in [6.45, 7) is 6.22. The van der Waals surface area contributed by atoms with Crippen molar-refractivity contribution in [3.05, 3.63) is 46.5 Å². The third-order valence-corrected chi connectivity index (χ3v) is 5.52. The number of hydrogen-bond acceptors (Lipinski definition) is 5. The molecule has 0 bridgehead atoms. The smallest absolute Gasteiger partial charge is 0.244 e. The second-order valence-corrected chi connectivity index (χ2v) is 7.34. The molecule has 0 radical (unpaired) electrons. The summed E-state index contributed by atoms with van der Waals surface area (Å²) >= 11 is 6.33. The van der Waals surface area contributed by atoms with Gasteiger partial charge >= 0.3 is 0 Å². The minimum Gasteiger partial charge on any atom is -0.368 e. The van der Waals surface area contributed by atoms with Gasteiger partial charge in [0.2, 0.25) is 12.2 Å². The molecule has 0 spiro atoms. The second-order valence-electron chi connectivity index (χ2n) is 6.96. The number of benzene rings is 1. The van der Waals surface area contributed by atoms with Crippen molar-refractivity contribution in [3.8, 4) is 0 Å². The number of nitrogens with zero attached hydrogens (tertiary/aromatic N) is 4. The van der Waals surface area contributed by atoms with Gasteiger partial charge in [-0.05, 0) is 38.1 Å². The van der Waals surface area contributed by atoms with E-state index in [0.717, 1.165) is 5.69 Å². The van der Waals surface area contributed by atoms with Crippen LogP contribution in [0.25, 0.3) is 0 Å². The number of carbonyl (C=O) groups excluding carboxylic acids is 1. The van der Waals surface area contributed by atoms with Crippen LogP contribution in [-0.4, -0.2) is 53.1 Å². The molecule has 3 heterocycles. The van der Waals surface area contributed by atoms with Crippen LogP contribution in [0.15, 0.2) is 24.3 Å². The Kier molecular flexibility index (Phi) is 5.27. The zero-order valence-corrected chi connectivity index (χ0v) is 16.5. The number of halogens is 2. The van der Waals surface area contributed by atoms with E-state index >= 15 is 0 Å². The van der Waals surface area contributed by atoms with E-state index in [-0.39, 0.29) is 24.6 Å². The maximum atomic E-state index is 13.1. The molecule has 0 aliphatic carbocycles. The van der Waals surface area contributed by atoms with E-state index in [1.165, 1.54) is 12.1 Å². The summed E-state index contributed by atoms with van der Waals surface area (Å²) < 4.78 is 25.7. The molecule has 0 saturated carbocycles. The van der Waals surface area contributed by atoms with E-state index in [4.69, 9.17) is 21.1 Å². The Bertz CT molecular complexity index is 859. The summed E-state index contributed by atoms with van der Waals surface area (Å²) in [6.07, 6.45) is -0.883. The average molecular weight is 409 g/mol. The van der Waals surface area contributed by atoms with Gasteiger partial charge in [-0.2, -0.15) is 5.10 Å². The molecule has 0 N–H and O–H groups in total. The highest BCUT2D eigenvalue weighted by Gasteiger charge is 2.35. The minimum absolute atomic E-state index is 0.0356. The highest BCUT2D eigenvalue weighted by molar-refractivity contribution is 6.31. The van der Waals surface area contributed by atoms with Gasteiger partial charge in [0, 0.05) is 31.9 Å². The Morgan fingerprint density at radius 2 is 1.86 bits per heavy atom. The van der Waals surface area contributed by atoms with Crippen LogP contribution in [0.1, 0.15) is 24.6 Å². The van der Waals surface area contributed by atoms with Gasteiger partial charge < -0.3 is 19.3 Å². The first kappa shape index (κ1) is 19.2. The van der Waals surface area contributed by atoms with Gasteiger partial charge in [0.05, 0.1) is 10.7 Å². The number of rotatable bonds is 4. The number of anilines is 1. The standard InChI is InChI=1S/C19H22ClFN4O3/c1-12-17(20)18(19-27-13(2)28-19)25(22-12)11-16(26)24-9-7-23(8-10-24)15-5-3-14(21)4-6-15/h3-6,13,19H,7-11H2,1-2H3. The predicted octanol–water partition coefficient (Wildman–Crippen LogP) is 2.72. The first-order chi connectivity index (χ1) is 13.4. The van der Waals surface area contributed by atoms with Gasteiger partial charge in [-0.1, -0.05) is 11.6 Å². The Hall–Kier alpha value is -2.16. The zero-order valence-electron chi connectivity index (χ0n) is 15.8. The number of ether oxygens (including phenoxy) is 2. The van der Waals surface area contributed by atoms with Crippen molar-refractivity contribution in [2.24, 2.45) is 0 Å². The lowest BCUT2D eigenvalue weighted by molar-refractivity contribution is -0.384.